The Hall–Kier alpha value is -4.08. The molecule has 0 fully saturated rings. The second-order valence-electron chi connectivity index (χ2n) is 6.69. The molecule has 2 amide bonds. The number of benzene rings is 2. The molecule has 2 aliphatic heterocycles. The van der Waals surface area contributed by atoms with Crippen LogP contribution in [0.2, 0.25) is 0 Å². The first kappa shape index (κ1) is 18.0. The second-order valence-corrected chi connectivity index (χ2v) is 6.69. The molecule has 3 aromatic rings. The lowest BCUT2D eigenvalue weighted by molar-refractivity contribution is -0.124. The average Bonchev–Trinajstić information content (AvgIpc) is 3.06. The molecule has 0 saturated heterocycles. The number of aromatic amines is 1. The number of fused-ring (bicyclic) bond motifs is 3. The van der Waals surface area contributed by atoms with E-state index in [1.54, 1.807) is 36.4 Å². The first-order chi connectivity index (χ1) is 14.6. The Labute approximate surface area is 169 Å². The van der Waals surface area contributed by atoms with E-state index in [1.165, 1.54) is 4.90 Å². The monoisotopic (exact) mass is 408 g/mol. The summed E-state index contributed by atoms with van der Waals surface area (Å²) in [4.78, 5) is 28.7. The SMILES string of the molecule is O=C(CN1C(=O)COc2ccccc21)N=Nc1c(O)[nH]c2cc3c(cc12)OCCO3. The van der Waals surface area contributed by atoms with Crippen molar-refractivity contribution in [2.24, 2.45) is 10.2 Å². The quantitative estimate of drug-likeness (QED) is 0.642. The molecule has 0 aliphatic carbocycles. The lowest BCUT2D eigenvalue weighted by Crippen LogP contribution is -2.41. The maximum Gasteiger partial charge on any atom is 0.284 e. The fourth-order valence-electron chi connectivity index (χ4n) is 3.40. The predicted octanol–water partition coefficient (Wildman–Crippen LogP) is 2.68. The van der Waals surface area contributed by atoms with Crippen LogP contribution < -0.4 is 19.1 Å². The number of amides is 2. The smallest absolute Gasteiger partial charge is 0.284 e. The summed E-state index contributed by atoms with van der Waals surface area (Å²) in [6.07, 6.45) is 0. The minimum atomic E-state index is -0.647. The normalized spacial score (nSPS) is 15.3. The maximum atomic E-state index is 12.4. The minimum Gasteiger partial charge on any atom is -0.493 e. The molecule has 2 N–H and O–H groups in total. The van der Waals surface area contributed by atoms with Gasteiger partial charge in [0, 0.05) is 11.5 Å². The van der Waals surface area contributed by atoms with E-state index in [0.717, 1.165) is 0 Å². The van der Waals surface area contributed by atoms with Crippen LogP contribution >= 0.6 is 0 Å². The summed E-state index contributed by atoms with van der Waals surface area (Å²) in [6.45, 7) is 0.408. The summed E-state index contributed by atoms with van der Waals surface area (Å²) >= 11 is 0. The Bertz CT molecular complexity index is 1200. The number of anilines is 1. The van der Waals surface area contributed by atoms with Crippen LogP contribution in [0.3, 0.4) is 0 Å². The number of H-pyrrole nitrogens is 1. The highest BCUT2D eigenvalue weighted by Gasteiger charge is 2.27. The highest BCUT2D eigenvalue weighted by atomic mass is 16.6. The van der Waals surface area contributed by atoms with E-state index in [2.05, 4.69) is 15.2 Å². The molecule has 2 aromatic carbocycles. The molecule has 1 aromatic heterocycles. The molecule has 10 heteroatoms. The number of nitrogens with one attached hydrogen (secondary N) is 1. The first-order valence-electron chi connectivity index (χ1n) is 9.21. The summed E-state index contributed by atoms with van der Waals surface area (Å²) in [5.74, 6) is 0.354. The average molecular weight is 408 g/mol. The molecule has 0 unspecified atom stereocenters. The number of aromatic hydroxyl groups is 1. The standard InChI is InChI=1S/C20H16N4O6/c25-17(9-24-13-3-1-2-4-14(13)30-10-18(24)26)22-23-19-11-7-15-16(29-6-5-28-15)8-12(11)21-20(19)27/h1-4,7-8,21,27H,5-6,9-10H2. The highest BCUT2D eigenvalue weighted by Crippen LogP contribution is 2.42. The Kier molecular flexibility index (Phi) is 4.24. The van der Waals surface area contributed by atoms with E-state index < -0.39 is 5.91 Å². The number of para-hydroxylation sites is 2. The van der Waals surface area contributed by atoms with E-state index in [1.807, 2.05) is 0 Å². The second kappa shape index (κ2) is 7.07. The highest BCUT2D eigenvalue weighted by molar-refractivity contribution is 6.02. The molecule has 2 aliphatic rings. The van der Waals surface area contributed by atoms with E-state index in [-0.39, 0.29) is 30.6 Å². The third-order valence-corrected chi connectivity index (χ3v) is 4.78. The van der Waals surface area contributed by atoms with Crippen LogP contribution in [0.4, 0.5) is 11.4 Å². The van der Waals surface area contributed by atoms with Crippen LogP contribution in [0.5, 0.6) is 23.1 Å². The third kappa shape index (κ3) is 3.08. The number of aromatic nitrogens is 1. The zero-order valence-corrected chi connectivity index (χ0v) is 15.6. The largest absolute Gasteiger partial charge is 0.493 e. The number of azo groups is 1. The maximum absolute atomic E-state index is 12.4. The van der Waals surface area contributed by atoms with Crippen LogP contribution in [-0.2, 0) is 9.59 Å². The van der Waals surface area contributed by atoms with Gasteiger partial charge in [-0.15, -0.1) is 10.2 Å². The molecule has 0 saturated carbocycles. The van der Waals surface area contributed by atoms with Gasteiger partial charge in [-0.25, -0.2) is 0 Å². The molecular weight excluding hydrogens is 392 g/mol. The molecular formula is C20H16N4O6. The molecule has 30 heavy (non-hydrogen) atoms. The number of hydrogen-bond donors (Lipinski definition) is 2. The van der Waals surface area contributed by atoms with Gasteiger partial charge in [0.05, 0.1) is 11.2 Å². The number of nitrogens with zero attached hydrogens (tertiary/aromatic N) is 3. The van der Waals surface area contributed by atoms with E-state index >= 15 is 0 Å². The van der Waals surface area contributed by atoms with Crippen molar-refractivity contribution in [3.05, 3.63) is 36.4 Å². The Morgan fingerprint density at radius 1 is 1.10 bits per heavy atom. The van der Waals surface area contributed by atoms with Crippen molar-refractivity contribution < 1.29 is 28.9 Å². The molecule has 0 atom stereocenters. The Balaban J connectivity index is 1.40. The van der Waals surface area contributed by atoms with Gasteiger partial charge in [-0.1, -0.05) is 12.1 Å². The van der Waals surface area contributed by atoms with E-state index in [9.17, 15) is 14.7 Å². The molecule has 152 valence electrons. The summed E-state index contributed by atoms with van der Waals surface area (Å²) in [5, 5.41) is 18.3. The van der Waals surface area contributed by atoms with E-state index in [4.69, 9.17) is 14.2 Å². The van der Waals surface area contributed by atoms with Crippen LogP contribution in [0.1, 0.15) is 0 Å². The summed E-state index contributed by atoms with van der Waals surface area (Å²) in [6, 6.07) is 10.3. The van der Waals surface area contributed by atoms with Crippen molar-refractivity contribution in [1.29, 1.82) is 0 Å². The van der Waals surface area contributed by atoms with Crippen molar-refractivity contribution in [2.75, 3.05) is 31.3 Å². The van der Waals surface area contributed by atoms with Gasteiger partial charge in [-0.05, 0) is 18.2 Å². The van der Waals surface area contributed by atoms with Crippen LogP contribution in [0.25, 0.3) is 10.9 Å². The number of carbonyl (C=O) groups is 2. The number of rotatable bonds is 3. The van der Waals surface area contributed by atoms with Crippen molar-refractivity contribution in [1.82, 2.24) is 4.98 Å². The van der Waals surface area contributed by atoms with Gasteiger partial charge in [-0.3, -0.25) is 14.5 Å². The van der Waals surface area contributed by atoms with Crippen LogP contribution in [-0.4, -0.2) is 48.3 Å². The fourth-order valence-corrected chi connectivity index (χ4v) is 3.40. The van der Waals surface area contributed by atoms with Gasteiger partial charge < -0.3 is 24.3 Å². The van der Waals surface area contributed by atoms with Gasteiger partial charge in [0.2, 0.25) is 5.88 Å². The molecule has 10 nitrogen and oxygen atoms in total. The lowest BCUT2D eigenvalue weighted by Gasteiger charge is -2.27. The first-order valence-corrected chi connectivity index (χ1v) is 9.21. The minimum absolute atomic E-state index is 0.101. The summed E-state index contributed by atoms with van der Waals surface area (Å²) in [7, 11) is 0. The molecule has 0 bridgehead atoms. The van der Waals surface area contributed by atoms with Gasteiger partial charge >= 0.3 is 0 Å². The topological polar surface area (TPSA) is 126 Å². The predicted molar refractivity (Wildman–Crippen MR) is 105 cm³/mol. The van der Waals surface area contributed by atoms with Crippen molar-refractivity contribution >= 4 is 34.1 Å². The summed E-state index contributed by atoms with van der Waals surface area (Å²) in [5.41, 5.74) is 1.16. The van der Waals surface area contributed by atoms with Gasteiger partial charge in [-0.2, -0.15) is 0 Å². The van der Waals surface area contributed by atoms with Crippen molar-refractivity contribution in [2.45, 2.75) is 0 Å². The molecule has 0 spiro atoms. The Morgan fingerprint density at radius 3 is 2.70 bits per heavy atom. The van der Waals surface area contributed by atoms with Gasteiger partial charge in [0.15, 0.2) is 23.8 Å². The molecule has 3 heterocycles. The number of carbonyl (C=O) groups excluding carboxylic acids is 2. The molecule has 5 rings (SSSR count). The van der Waals surface area contributed by atoms with Crippen LogP contribution in [0.15, 0.2) is 46.6 Å². The van der Waals surface area contributed by atoms with Crippen molar-refractivity contribution in [3.8, 4) is 23.1 Å². The zero-order valence-electron chi connectivity index (χ0n) is 15.6. The van der Waals surface area contributed by atoms with Crippen molar-refractivity contribution in [3.63, 3.8) is 0 Å². The third-order valence-electron chi connectivity index (χ3n) is 4.78. The van der Waals surface area contributed by atoms with Crippen LogP contribution in [0, 0.1) is 0 Å². The fraction of sp³-hybridized carbons (Fsp3) is 0.200. The van der Waals surface area contributed by atoms with E-state index in [0.29, 0.717) is 47.1 Å². The lowest BCUT2D eigenvalue weighted by atomic mass is 10.2. The Morgan fingerprint density at radius 2 is 1.87 bits per heavy atom. The van der Waals surface area contributed by atoms with Gasteiger partial charge in [0.25, 0.3) is 11.8 Å². The van der Waals surface area contributed by atoms with Gasteiger partial charge in [0.1, 0.15) is 25.5 Å². The molecule has 0 radical (unpaired) electrons. The number of hydrogen-bond acceptors (Lipinski definition) is 7. The summed E-state index contributed by atoms with van der Waals surface area (Å²) < 4.78 is 16.4. The zero-order chi connectivity index (χ0) is 20.7. The number of ether oxygens (including phenoxy) is 3.